The molecule has 1 aromatic rings. The summed E-state index contributed by atoms with van der Waals surface area (Å²) < 4.78 is 0. The highest BCUT2D eigenvalue weighted by Gasteiger charge is 2.34. The van der Waals surface area contributed by atoms with Crippen LogP contribution in [-0.4, -0.2) is 39.6 Å². The minimum Gasteiger partial charge on any atom is -0.480 e. The number of aliphatic carboxylic acids is 1. The van der Waals surface area contributed by atoms with E-state index in [4.69, 9.17) is 0 Å². The number of piperidine rings is 1. The van der Waals surface area contributed by atoms with Crippen molar-refractivity contribution in [2.24, 2.45) is 5.92 Å². The van der Waals surface area contributed by atoms with Crippen molar-refractivity contribution in [1.82, 2.24) is 15.2 Å². The standard InChI is InChI=1S/C14H19N3O3/c1-10-5-7-17(12(8-10)13(18)19)14(20)16-9-11-4-2-3-6-15-11/h2-4,6,10,12H,5,7-9H2,1H3,(H,16,20)(H,18,19). The third kappa shape index (κ3) is 3.46. The lowest BCUT2D eigenvalue weighted by Crippen LogP contribution is -2.53. The molecular weight excluding hydrogens is 258 g/mol. The van der Waals surface area contributed by atoms with Gasteiger partial charge in [-0.1, -0.05) is 13.0 Å². The Labute approximate surface area is 117 Å². The van der Waals surface area contributed by atoms with Crippen LogP contribution in [0.4, 0.5) is 4.79 Å². The van der Waals surface area contributed by atoms with Crippen molar-refractivity contribution in [3.63, 3.8) is 0 Å². The van der Waals surface area contributed by atoms with Crippen LogP contribution in [-0.2, 0) is 11.3 Å². The number of amides is 2. The minimum absolute atomic E-state index is 0.304. The minimum atomic E-state index is -0.940. The van der Waals surface area contributed by atoms with Crippen LogP contribution in [0.15, 0.2) is 24.4 Å². The molecule has 1 aliphatic heterocycles. The highest BCUT2D eigenvalue weighted by molar-refractivity contribution is 5.82. The van der Waals surface area contributed by atoms with E-state index in [-0.39, 0.29) is 6.03 Å². The largest absolute Gasteiger partial charge is 0.480 e. The maximum Gasteiger partial charge on any atom is 0.326 e. The lowest BCUT2D eigenvalue weighted by molar-refractivity contribution is -0.143. The van der Waals surface area contributed by atoms with Crippen LogP contribution < -0.4 is 5.32 Å². The van der Waals surface area contributed by atoms with E-state index in [9.17, 15) is 14.7 Å². The molecule has 20 heavy (non-hydrogen) atoms. The van der Waals surface area contributed by atoms with Gasteiger partial charge in [0.2, 0.25) is 0 Å². The number of aromatic nitrogens is 1. The number of nitrogens with one attached hydrogen (secondary N) is 1. The molecule has 2 unspecified atom stereocenters. The van der Waals surface area contributed by atoms with Gasteiger partial charge in [0.05, 0.1) is 12.2 Å². The average molecular weight is 277 g/mol. The third-order valence-electron chi connectivity index (χ3n) is 3.56. The predicted octanol–water partition coefficient (Wildman–Crippen LogP) is 1.48. The van der Waals surface area contributed by atoms with E-state index in [0.717, 1.165) is 12.1 Å². The molecule has 6 heteroatoms. The Morgan fingerprint density at radius 1 is 1.50 bits per heavy atom. The third-order valence-corrected chi connectivity index (χ3v) is 3.56. The molecule has 6 nitrogen and oxygen atoms in total. The number of likely N-dealkylation sites (tertiary alicyclic amines) is 1. The van der Waals surface area contributed by atoms with Crippen molar-refractivity contribution in [2.75, 3.05) is 6.54 Å². The van der Waals surface area contributed by atoms with Gasteiger partial charge in [0, 0.05) is 12.7 Å². The quantitative estimate of drug-likeness (QED) is 0.876. The first-order valence-electron chi connectivity index (χ1n) is 6.75. The fourth-order valence-corrected chi connectivity index (χ4v) is 2.39. The summed E-state index contributed by atoms with van der Waals surface area (Å²) in [5, 5.41) is 12.0. The summed E-state index contributed by atoms with van der Waals surface area (Å²) in [6.07, 6.45) is 3.00. The van der Waals surface area contributed by atoms with Gasteiger partial charge >= 0.3 is 12.0 Å². The Kier molecular flexibility index (Phi) is 4.55. The fourth-order valence-electron chi connectivity index (χ4n) is 2.39. The van der Waals surface area contributed by atoms with E-state index in [2.05, 4.69) is 10.3 Å². The van der Waals surface area contributed by atoms with Gasteiger partial charge in [0.1, 0.15) is 6.04 Å². The number of carboxylic acid groups (broad SMARTS) is 1. The molecular formula is C14H19N3O3. The molecule has 2 N–H and O–H groups in total. The zero-order chi connectivity index (χ0) is 14.5. The summed E-state index contributed by atoms with van der Waals surface area (Å²) in [4.78, 5) is 28.9. The van der Waals surface area contributed by atoms with Crippen molar-refractivity contribution in [3.8, 4) is 0 Å². The van der Waals surface area contributed by atoms with Gasteiger partial charge in [-0.05, 0) is 30.9 Å². The van der Waals surface area contributed by atoms with Crippen molar-refractivity contribution < 1.29 is 14.7 Å². The number of rotatable bonds is 3. The van der Waals surface area contributed by atoms with Gasteiger partial charge in [-0.15, -0.1) is 0 Å². The lowest BCUT2D eigenvalue weighted by Gasteiger charge is -2.35. The van der Waals surface area contributed by atoms with Gasteiger partial charge in [0.15, 0.2) is 0 Å². The second-order valence-corrected chi connectivity index (χ2v) is 5.16. The Morgan fingerprint density at radius 3 is 2.95 bits per heavy atom. The molecule has 0 saturated carbocycles. The second kappa shape index (κ2) is 6.36. The number of carboxylic acids is 1. The fraction of sp³-hybridized carbons (Fsp3) is 0.500. The number of nitrogens with zero attached hydrogens (tertiary/aromatic N) is 2. The van der Waals surface area contributed by atoms with E-state index in [1.54, 1.807) is 12.3 Å². The van der Waals surface area contributed by atoms with Crippen LogP contribution in [0, 0.1) is 5.92 Å². The molecule has 1 fully saturated rings. The highest BCUT2D eigenvalue weighted by Crippen LogP contribution is 2.22. The van der Waals surface area contributed by atoms with E-state index in [1.165, 1.54) is 4.90 Å². The van der Waals surface area contributed by atoms with Gasteiger partial charge in [-0.2, -0.15) is 0 Å². The highest BCUT2D eigenvalue weighted by atomic mass is 16.4. The Bertz CT molecular complexity index is 478. The molecule has 2 atom stereocenters. The monoisotopic (exact) mass is 277 g/mol. The number of carbonyl (C=O) groups excluding carboxylic acids is 1. The van der Waals surface area contributed by atoms with Gasteiger partial charge in [-0.3, -0.25) is 4.98 Å². The summed E-state index contributed by atoms with van der Waals surface area (Å²) in [6.45, 7) is 2.79. The van der Waals surface area contributed by atoms with Gasteiger partial charge in [0.25, 0.3) is 0 Å². The van der Waals surface area contributed by atoms with E-state index in [0.29, 0.717) is 25.4 Å². The van der Waals surface area contributed by atoms with Crippen molar-refractivity contribution in [3.05, 3.63) is 30.1 Å². The van der Waals surface area contributed by atoms with Crippen LogP contribution in [0.2, 0.25) is 0 Å². The molecule has 1 aliphatic rings. The maximum atomic E-state index is 12.1. The molecule has 0 aliphatic carbocycles. The van der Waals surface area contributed by atoms with Crippen molar-refractivity contribution >= 4 is 12.0 Å². The number of hydrogen-bond acceptors (Lipinski definition) is 3. The van der Waals surface area contributed by atoms with Crippen molar-refractivity contribution in [2.45, 2.75) is 32.4 Å². The number of hydrogen-bond donors (Lipinski definition) is 2. The van der Waals surface area contributed by atoms with Crippen LogP contribution in [0.25, 0.3) is 0 Å². The van der Waals surface area contributed by atoms with E-state index < -0.39 is 12.0 Å². The van der Waals surface area contributed by atoms with Gasteiger partial charge in [-0.25, -0.2) is 9.59 Å². The molecule has 1 saturated heterocycles. The first-order chi connectivity index (χ1) is 9.58. The SMILES string of the molecule is CC1CCN(C(=O)NCc2ccccn2)C(C(=O)O)C1. The smallest absolute Gasteiger partial charge is 0.326 e. The molecule has 2 amide bonds. The Balaban J connectivity index is 1.95. The summed E-state index contributed by atoms with van der Waals surface area (Å²) in [5.41, 5.74) is 0.748. The van der Waals surface area contributed by atoms with Crippen molar-refractivity contribution in [1.29, 1.82) is 0 Å². The van der Waals surface area contributed by atoms with E-state index >= 15 is 0 Å². The number of carbonyl (C=O) groups is 2. The molecule has 1 aromatic heterocycles. The average Bonchev–Trinajstić information content (AvgIpc) is 2.45. The lowest BCUT2D eigenvalue weighted by atomic mass is 9.93. The summed E-state index contributed by atoms with van der Waals surface area (Å²) in [5.74, 6) is -0.611. The zero-order valence-corrected chi connectivity index (χ0v) is 11.5. The Hall–Kier alpha value is -2.11. The van der Waals surface area contributed by atoms with Crippen LogP contribution >= 0.6 is 0 Å². The Morgan fingerprint density at radius 2 is 2.30 bits per heavy atom. The number of pyridine rings is 1. The first kappa shape index (κ1) is 14.3. The molecule has 0 radical (unpaired) electrons. The first-order valence-corrected chi connectivity index (χ1v) is 6.75. The summed E-state index contributed by atoms with van der Waals surface area (Å²) in [6, 6.07) is 4.39. The summed E-state index contributed by atoms with van der Waals surface area (Å²) >= 11 is 0. The molecule has 2 heterocycles. The van der Waals surface area contributed by atoms with Crippen LogP contribution in [0.1, 0.15) is 25.5 Å². The molecule has 0 bridgehead atoms. The molecule has 0 spiro atoms. The number of urea groups is 1. The zero-order valence-electron chi connectivity index (χ0n) is 11.5. The molecule has 0 aromatic carbocycles. The predicted molar refractivity (Wildman–Crippen MR) is 73.0 cm³/mol. The van der Waals surface area contributed by atoms with Crippen LogP contribution in [0.3, 0.4) is 0 Å². The maximum absolute atomic E-state index is 12.1. The van der Waals surface area contributed by atoms with E-state index in [1.807, 2.05) is 19.1 Å². The molecule has 108 valence electrons. The second-order valence-electron chi connectivity index (χ2n) is 5.16. The van der Waals surface area contributed by atoms with Gasteiger partial charge < -0.3 is 15.3 Å². The topological polar surface area (TPSA) is 82.5 Å². The normalized spacial score (nSPS) is 22.4. The van der Waals surface area contributed by atoms with Crippen LogP contribution in [0.5, 0.6) is 0 Å². The molecule has 2 rings (SSSR count). The summed E-state index contributed by atoms with van der Waals surface area (Å²) in [7, 11) is 0.